The molecule has 0 radical (unpaired) electrons. The number of fused-ring (bicyclic) bond motifs is 2. The average molecular weight is 595 g/mol. The minimum atomic E-state index is -0.653. The molecule has 2 aliphatic rings. The molecule has 2 aliphatic carbocycles. The third kappa shape index (κ3) is 5.78. The SMILES string of the molecule is COc1cc([C@H]2C[C@@H]2c2cccc(Cl)c2)nc2cc(N(Cc3cn4cc(C5CC5)ccc4n3)C(=O)OC(C)(C)C)ccc12. The van der Waals surface area contributed by atoms with Crippen molar-refractivity contribution in [1.29, 1.82) is 0 Å². The largest absolute Gasteiger partial charge is 0.496 e. The molecule has 2 fully saturated rings. The molecule has 1 amide bonds. The number of amides is 1. The van der Waals surface area contributed by atoms with E-state index in [1.807, 2.05) is 69.4 Å². The van der Waals surface area contributed by atoms with Crippen LogP contribution < -0.4 is 9.64 Å². The van der Waals surface area contributed by atoms with Crippen LogP contribution in [0.3, 0.4) is 0 Å². The lowest BCUT2D eigenvalue weighted by Gasteiger charge is -2.27. The molecule has 2 saturated carbocycles. The van der Waals surface area contributed by atoms with Gasteiger partial charge in [0.15, 0.2) is 0 Å². The number of methoxy groups -OCH3 is 1. The Labute approximate surface area is 256 Å². The maximum Gasteiger partial charge on any atom is 0.415 e. The standard InChI is InChI=1S/C35H35ClN4O3/c1-35(2,3)43-34(41)40(20-25-19-39-18-23(21-8-9-21)10-13-33(39)37-25)26-11-12-27-30(15-26)38-31(17-32(27)42-4)29-16-28(29)22-6-5-7-24(36)14-22/h5-7,10-15,17-19,21,28-29H,8-9,16,20H2,1-4H3/t28-,29+/m1/s1. The first kappa shape index (κ1) is 27.7. The monoisotopic (exact) mass is 594 g/mol. The molecule has 0 N–H and O–H groups in total. The molecule has 0 aliphatic heterocycles. The molecule has 5 aromatic rings. The number of hydrogen-bond acceptors (Lipinski definition) is 5. The van der Waals surface area contributed by atoms with E-state index in [9.17, 15) is 4.79 Å². The van der Waals surface area contributed by atoms with Crippen molar-refractivity contribution in [2.75, 3.05) is 12.0 Å². The molecule has 0 spiro atoms. The minimum absolute atomic E-state index is 0.261. The van der Waals surface area contributed by atoms with Crippen molar-refractivity contribution in [2.24, 2.45) is 0 Å². The fourth-order valence-corrected chi connectivity index (χ4v) is 6.09. The summed E-state index contributed by atoms with van der Waals surface area (Å²) >= 11 is 6.27. The van der Waals surface area contributed by atoms with E-state index in [-0.39, 0.29) is 12.5 Å². The van der Waals surface area contributed by atoms with Crippen molar-refractivity contribution in [1.82, 2.24) is 14.4 Å². The lowest BCUT2D eigenvalue weighted by atomic mass is 10.1. The Balaban J connectivity index is 1.23. The molecule has 7 nitrogen and oxygen atoms in total. The zero-order valence-corrected chi connectivity index (χ0v) is 25.6. The summed E-state index contributed by atoms with van der Waals surface area (Å²) in [7, 11) is 1.68. The van der Waals surface area contributed by atoms with Crippen molar-refractivity contribution in [3.8, 4) is 5.75 Å². The van der Waals surface area contributed by atoms with Gasteiger partial charge in [-0.2, -0.15) is 0 Å². The molecule has 220 valence electrons. The van der Waals surface area contributed by atoms with E-state index in [1.165, 1.54) is 24.0 Å². The Morgan fingerprint density at radius 1 is 1.00 bits per heavy atom. The Morgan fingerprint density at radius 2 is 1.84 bits per heavy atom. The quantitative estimate of drug-likeness (QED) is 0.189. The summed E-state index contributed by atoms with van der Waals surface area (Å²) in [6.45, 7) is 5.88. The van der Waals surface area contributed by atoms with Gasteiger partial charge >= 0.3 is 6.09 Å². The van der Waals surface area contributed by atoms with Gasteiger partial charge in [0.05, 0.1) is 24.9 Å². The van der Waals surface area contributed by atoms with Gasteiger partial charge in [-0.05, 0) is 99.4 Å². The van der Waals surface area contributed by atoms with Crippen LogP contribution in [0.2, 0.25) is 5.02 Å². The zero-order chi connectivity index (χ0) is 29.9. The maximum absolute atomic E-state index is 13.6. The zero-order valence-electron chi connectivity index (χ0n) is 24.9. The topological polar surface area (TPSA) is 69.0 Å². The second-order valence-electron chi connectivity index (χ2n) is 12.8. The molecule has 8 heteroatoms. The van der Waals surface area contributed by atoms with Crippen molar-refractivity contribution in [3.05, 3.63) is 101 Å². The van der Waals surface area contributed by atoms with Crippen LogP contribution in [-0.4, -0.2) is 33.2 Å². The van der Waals surface area contributed by atoms with Crippen LogP contribution in [0, 0.1) is 0 Å². The number of halogens is 1. The van der Waals surface area contributed by atoms with E-state index in [0.29, 0.717) is 17.5 Å². The summed E-state index contributed by atoms with van der Waals surface area (Å²) in [5.41, 5.74) is 5.96. The summed E-state index contributed by atoms with van der Waals surface area (Å²) in [5.74, 6) is 2.06. The predicted octanol–water partition coefficient (Wildman–Crippen LogP) is 8.63. The molecular formula is C35H35ClN4O3. The average Bonchev–Trinajstić information content (AvgIpc) is 3.90. The number of imidazole rings is 1. The minimum Gasteiger partial charge on any atom is -0.496 e. The van der Waals surface area contributed by atoms with Gasteiger partial charge in [-0.25, -0.2) is 9.78 Å². The number of nitrogens with zero attached hydrogens (tertiary/aromatic N) is 4. The van der Waals surface area contributed by atoms with Gasteiger partial charge in [-0.3, -0.25) is 9.88 Å². The second kappa shape index (κ2) is 10.6. The van der Waals surface area contributed by atoms with E-state index in [1.54, 1.807) is 12.0 Å². The highest BCUT2D eigenvalue weighted by Crippen LogP contribution is 2.55. The van der Waals surface area contributed by atoms with Gasteiger partial charge < -0.3 is 13.9 Å². The number of rotatable bonds is 7. The normalized spacial score (nSPS) is 18.2. The molecule has 0 unspecified atom stereocenters. The maximum atomic E-state index is 13.6. The van der Waals surface area contributed by atoms with Gasteiger partial charge in [-0.15, -0.1) is 0 Å². The molecule has 0 saturated heterocycles. The number of ether oxygens (including phenoxy) is 2. The molecule has 0 bridgehead atoms. The highest BCUT2D eigenvalue weighted by molar-refractivity contribution is 6.30. The lowest BCUT2D eigenvalue weighted by Crippen LogP contribution is -2.36. The molecule has 3 heterocycles. The first-order valence-corrected chi connectivity index (χ1v) is 15.3. The van der Waals surface area contributed by atoms with Crippen molar-refractivity contribution >= 4 is 39.9 Å². The number of carbonyl (C=O) groups is 1. The molecule has 2 atom stereocenters. The molecule has 3 aromatic heterocycles. The van der Waals surface area contributed by atoms with E-state index in [2.05, 4.69) is 28.8 Å². The van der Waals surface area contributed by atoms with Gasteiger partial charge in [0.2, 0.25) is 0 Å². The van der Waals surface area contributed by atoms with Crippen LogP contribution >= 0.6 is 11.6 Å². The highest BCUT2D eigenvalue weighted by Gasteiger charge is 2.41. The molecular weight excluding hydrogens is 560 g/mol. The van der Waals surface area contributed by atoms with Gasteiger partial charge in [0, 0.05) is 46.2 Å². The summed E-state index contributed by atoms with van der Waals surface area (Å²) < 4.78 is 13.7. The molecule has 2 aromatic carbocycles. The van der Waals surface area contributed by atoms with E-state index in [0.717, 1.165) is 45.1 Å². The Bertz CT molecular complexity index is 1860. The second-order valence-corrected chi connectivity index (χ2v) is 13.2. The van der Waals surface area contributed by atoms with E-state index >= 15 is 0 Å². The fourth-order valence-electron chi connectivity index (χ4n) is 5.89. The Hall–Kier alpha value is -4.10. The third-order valence-electron chi connectivity index (χ3n) is 8.26. The fraction of sp³-hybridized carbons (Fsp3) is 0.343. The summed E-state index contributed by atoms with van der Waals surface area (Å²) in [4.78, 5) is 25.2. The Kier molecular flexibility index (Phi) is 6.81. The van der Waals surface area contributed by atoms with Crippen LogP contribution in [-0.2, 0) is 11.3 Å². The number of carbonyl (C=O) groups excluding carboxylic acids is 1. The first-order valence-electron chi connectivity index (χ1n) is 14.9. The van der Waals surface area contributed by atoms with E-state index < -0.39 is 11.7 Å². The first-order chi connectivity index (χ1) is 20.6. The van der Waals surface area contributed by atoms with Crippen LogP contribution in [0.5, 0.6) is 5.75 Å². The summed E-state index contributed by atoms with van der Waals surface area (Å²) in [5, 5.41) is 1.63. The number of pyridine rings is 2. The summed E-state index contributed by atoms with van der Waals surface area (Å²) in [6.07, 6.45) is 7.20. The van der Waals surface area contributed by atoms with Crippen molar-refractivity contribution in [3.63, 3.8) is 0 Å². The van der Waals surface area contributed by atoms with Gasteiger partial charge in [-0.1, -0.05) is 29.8 Å². The molecule has 43 heavy (non-hydrogen) atoms. The van der Waals surface area contributed by atoms with Crippen LogP contribution in [0.15, 0.2) is 73.1 Å². The lowest BCUT2D eigenvalue weighted by molar-refractivity contribution is 0.0577. The number of benzene rings is 2. The number of anilines is 1. The van der Waals surface area contributed by atoms with Crippen LogP contribution in [0.4, 0.5) is 10.5 Å². The van der Waals surface area contributed by atoms with Gasteiger partial charge in [0.1, 0.15) is 17.0 Å². The number of hydrogen-bond donors (Lipinski definition) is 0. The Morgan fingerprint density at radius 3 is 2.58 bits per heavy atom. The predicted molar refractivity (Wildman–Crippen MR) is 169 cm³/mol. The van der Waals surface area contributed by atoms with Crippen LogP contribution in [0.1, 0.15) is 80.3 Å². The van der Waals surface area contributed by atoms with Crippen molar-refractivity contribution < 1.29 is 14.3 Å². The smallest absolute Gasteiger partial charge is 0.415 e. The van der Waals surface area contributed by atoms with Crippen molar-refractivity contribution in [2.45, 2.75) is 69.9 Å². The third-order valence-corrected chi connectivity index (χ3v) is 8.50. The highest BCUT2D eigenvalue weighted by atomic mass is 35.5. The van der Waals surface area contributed by atoms with Gasteiger partial charge in [0.25, 0.3) is 0 Å². The molecule has 7 rings (SSSR count). The number of aromatic nitrogens is 3. The summed E-state index contributed by atoms with van der Waals surface area (Å²) in [6, 6.07) is 20.1. The van der Waals surface area contributed by atoms with Crippen LogP contribution in [0.25, 0.3) is 16.6 Å². The van der Waals surface area contributed by atoms with E-state index in [4.69, 9.17) is 31.0 Å².